The molecule has 166 valence electrons. The molecule has 0 unspecified atom stereocenters. The number of carbonyl (C=O) groups is 2. The molecule has 0 saturated heterocycles. The molecule has 0 spiro atoms. The summed E-state index contributed by atoms with van der Waals surface area (Å²) >= 11 is 9.36. The standard InChI is InChI=1S/C25H23BrClNO4/c1-2-31-24(29)16-18-5-12-23(22(26)15-18)32-21-10-6-19(7-11-21)25(30)28-14-13-17-3-8-20(27)9-4-17/h3-12,15H,2,13-14,16H2,1H3,(H,28,30). The topological polar surface area (TPSA) is 64.6 Å². The van der Waals surface area contributed by atoms with Crippen LogP contribution >= 0.6 is 27.5 Å². The smallest absolute Gasteiger partial charge is 0.310 e. The van der Waals surface area contributed by atoms with Gasteiger partial charge in [0.25, 0.3) is 5.91 Å². The molecule has 0 heterocycles. The van der Waals surface area contributed by atoms with Gasteiger partial charge in [0.05, 0.1) is 17.5 Å². The van der Waals surface area contributed by atoms with E-state index in [1.165, 1.54) is 0 Å². The third kappa shape index (κ3) is 7.11. The van der Waals surface area contributed by atoms with Crippen LogP contribution in [0.4, 0.5) is 0 Å². The van der Waals surface area contributed by atoms with Crippen molar-refractivity contribution in [2.45, 2.75) is 19.8 Å². The third-order valence-electron chi connectivity index (χ3n) is 4.61. The monoisotopic (exact) mass is 515 g/mol. The minimum atomic E-state index is -0.268. The van der Waals surface area contributed by atoms with E-state index < -0.39 is 0 Å². The molecule has 3 aromatic rings. The van der Waals surface area contributed by atoms with E-state index in [0.29, 0.717) is 35.2 Å². The lowest BCUT2D eigenvalue weighted by Crippen LogP contribution is -2.25. The number of carbonyl (C=O) groups excluding carboxylic acids is 2. The summed E-state index contributed by atoms with van der Waals surface area (Å²) < 4.78 is 11.6. The van der Waals surface area contributed by atoms with Gasteiger partial charge in [-0.25, -0.2) is 0 Å². The molecule has 0 aromatic heterocycles. The van der Waals surface area contributed by atoms with E-state index in [1.54, 1.807) is 37.3 Å². The second-order valence-electron chi connectivity index (χ2n) is 7.01. The first kappa shape index (κ1) is 23.8. The summed E-state index contributed by atoms with van der Waals surface area (Å²) in [6.07, 6.45) is 0.929. The lowest BCUT2D eigenvalue weighted by Gasteiger charge is -2.10. The van der Waals surface area contributed by atoms with Crippen LogP contribution in [0, 0.1) is 0 Å². The number of amides is 1. The molecule has 3 aromatic carbocycles. The lowest BCUT2D eigenvalue weighted by atomic mass is 10.1. The molecule has 7 heteroatoms. The van der Waals surface area contributed by atoms with Crippen LogP contribution in [0.25, 0.3) is 0 Å². The van der Waals surface area contributed by atoms with Crippen molar-refractivity contribution >= 4 is 39.4 Å². The van der Waals surface area contributed by atoms with Crippen molar-refractivity contribution in [1.82, 2.24) is 5.32 Å². The van der Waals surface area contributed by atoms with Gasteiger partial charge in [-0.05, 0) is 88.9 Å². The van der Waals surface area contributed by atoms with Gasteiger partial charge in [0.1, 0.15) is 11.5 Å². The summed E-state index contributed by atoms with van der Waals surface area (Å²) in [6.45, 7) is 2.67. The van der Waals surface area contributed by atoms with Gasteiger partial charge >= 0.3 is 5.97 Å². The fourth-order valence-corrected chi connectivity index (χ4v) is 3.62. The molecule has 0 saturated carbocycles. The van der Waals surface area contributed by atoms with Gasteiger partial charge in [-0.3, -0.25) is 9.59 Å². The first-order chi connectivity index (χ1) is 15.4. The molecular weight excluding hydrogens is 494 g/mol. The maximum Gasteiger partial charge on any atom is 0.310 e. The maximum atomic E-state index is 12.4. The zero-order valence-corrected chi connectivity index (χ0v) is 19.9. The molecule has 0 radical (unpaired) electrons. The Morgan fingerprint density at radius 2 is 1.66 bits per heavy atom. The number of nitrogens with one attached hydrogen (secondary N) is 1. The van der Waals surface area contributed by atoms with Crippen LogP contribution in [0.2, 0.25) is 5.02 Å². The Bertz CT molecular complexity index is 1070. The van der Waals surface area contributed by atoms with Gasteiger partial charge in [-0.15, -0.1) is 0 Å². The van der Waals surface area contributed by atoms with Crippen molar-refractivity contribution in [3.63, 3.8) is 0 Å². The van der Waals surface area contributed by atoms with E-state index in [4.69, 9.17) is 21.1 Å². The molecule has 1 N–H and O–H groups in total. The Morgan fingerprint density at radius 1 is 0.969 bits per heavy atom. The van der Waals surface area contributed by atoms with E-state index in [9.17, 15) is 9.59 Å². The Labute approximate surface area is 200 Å². The van der Waals surface area contributed by atoms with Crippen LogP contribution in [-0.2, 0) is 22.4 Å². The van der Waals surface area contributed by atoms with Crippen LogP contribution in [0.3, 0.4) is 0 Å². The average Bonchev–Trinajstić information content (AvgIpc) is 2.77. The molecule has 0 bridgehead atoms. The number of esters is 1. The number of halogens is 2. The molecule has 0 atom stereocenters. The highest BCUT2D eigenvalue weighted by Gasteiger charge is 2.10. The minimum absolute atomic E-state index is 0.144. The quantitative estimate of drug-likeness (QED) is 0.356. The van der Waals surface area contributed by atoms with E-state index in [0.717, 1.165) is 22.0 Å². The third-order valence-corrected chi connectivity index (χ3v) is 5.48. The van der Waals surface area contributed by atoms with E-state index >= 15 is 0 Å². The Balaban J connectivity index is 1.53. The Kier molecular flexibility index (Phi) is 8.71. The largest absolute Gasteiger partial charge is 0.466 e. The van der Waals surface area contributed by atoms with Gasteiger partial charge in [0, 0.05) is 17.1 Å². The molecule has 1 amide bonds. The Hall–Kier alpha value is -2.83. The zero-order valence-electron chi connectivity index (χ0n) is 17.6. The van der Waals surface area contributed by atoms with Crippen LogP contribution in [0.15, 0.2) is 71.2 Å². The van der Waals surface area contributed by atoms with Crippen molar-refractivity contribution in [1.29, 1.82) is 0 Å². The highest BCUT2D eigenvalue weighted by atomic mass is 79.9. The van der Waals surface area contributed by atoms with Gasteiger partial charge in [-0.1, -0.05) is 29.8 Å². The van der Waals surface area contributed by atoms with Crippen molar-refractivity contribution in [2.24, 2.45) is 0 Å². The zero-order chi connectivity index (χ0) is 22.9. The highest BCUT2D eigenvalue weighted by Crippen LogP contribution is 2.31. The molecule has 0 aliphatic rings. The highest BCUT2D eigenvalue weighted by molar-refractivity contribution is 9.10. The summed E-state index contributed by atoms with van der Waals surface area (Å²) in [4.78, 5) is 24.0. The molecule has 0 aliphatic heterocycles. The molecule has 0 aliphatic carbocycles. The van der Waals surface area contributed by atoms with Crippen molar-refractivity contribution in [3.05, 3.63) is 92.9 Å². The predicted octanol–water partition coefficient (Wildman–Crippen LogP) is 5.97. The van der Waals surface area contributed by atoms with E-state index in [2.05, 4.69) is 21.2 Å². The summed E-state index contributed by atoms with van der Waals surface area (Å²) in [6, 6.07) is 19.9. The maximum absolute atomic E-state index is 12.4. The van der Waals surface area contributed by atoms with Gasteiger partial charge in [-0.2, -0.15) is 0 Å². The van der Waals surface area contributed by atoms with Gasteiger partial charge in [0.15, 0.2) is 0 Å². The summed E-state index contributed by atoms with van der Waals surface area (Å²) in [5.41, 5.74) is 2.49. The number of ether oxygens (including phenoxy) is 2. The van der Waals surface area contributed by atoms with Gasteiger partial charge in [0.2, 0.25) is 0 Å². The molecule has 5 nitrogen and oxygen atoms in total. The van der Waals surface area contributed by atoms with E-state index in [1.807, 2.05) is 36.4 Å². The first-order valence-electron chi connectivity index (χ1n) is 10.2. The van der Waals surface area contributed by atoms with Crippen LogP contribution in [0.1, 0.15) is 28.4 Å². The van der Waals surface area contributed by atoms with Crippen LogP contribution in [-0.4, -0.2) is 25.0 Å². The summed E-state index contributed by atoms with van der Waals surface area (Å²) in [7, 11) is 0. The first-order valence-corrected chi connectivity index (χ1v) is 11.4. The Morgan fingerprint density at radius 3 is 2.31 bits per heavy atom. The number of hydrogen-bond acceptors (Lipinski definition) is 4. The summed E-state index contributed by atoms with van der Waals surface area (Å²) in [5.74, 6) is 0.796. The number of rotatable bonds is 9. The molecule has 32 heavy (non-hydrogen) atoms. The molecule has 3 rings (SSSR count). The minimum Gasteiger partial charge on any atom is -0.466 e. The molecular formula is C25H23BrClNO4. The second kappa shape index (κ2) is 11.7. The molecule has 0 fully saturated rings. The average molecular weight is 517 g/mol. The summed E-state index contributed by atoms with van der Waals surface area (Å²) in [5, 5.41) is 3.61. The fourth-order valence-electron chi connectivity index (χ4n) is 2.99. The van der Waals surface area contributed by atoms with Crippen molar-refractivity contribution in [3.8, 4) is 11.5 Å². The lowest BCUT2D eigenvalue weighted by molar-refractivity contribution is -0.142. The van der Waals surface area contributed by atoms with Crippen molar-refractivity contribution in [2.75, 3.05) is 13.2 Å². The second-order valence-corrected chi connectivity index (χ2v) is 8.30. The van der Waals surface area contributed by atoms with E-state index in [-0.39, 0.29) is 18.3 Å². The number of hydrogen-bond donors (Lipinski definition) is 1. The fraction of sp³-hybridized carbons (Fsp3) is 0.200. The normalized spacial score (nSPS) is 10.5. The van der Waals surface area contributed by atoms with Gasteiger partial charge < -0.3 is 14.8 Å². The van der Waals surface area contributed by atoms with Crippen LogP contribution < -0.4 is 10.1 Å². The predicted molar refractivity (Wildman–Crippen MR) is 128 cm³/mol. The number of benzene rings is 3. The SMILES string of the molecule is CCOC(=O)Cc1ccc(Oc2ccc(C(=O)NCCc3ccc(Cl)cc3)cc2)c(Br)c1. The van der Waals surface area contributed by atoms with Crippen LogP contribution in [0.5, 0.6) is 11.5 Å². The van der Waals surface area contributed by atoms with Crippen molar-refractivity contribution < 1.29 is 19.1 Å².